The largest absolute Gasteiger partial charge is 0.513 e. The number of nitrogens with one attached hydrogen (secondary N) is 1. The van der Waals surface area contributed by atoms with Crippen LogP contribution in [-0.2, 0) is 14.1 Å². The number of para-hydroxylation sites is 2. The summed E-state index contributed by atoms with van der Waals surface area (Å²) in [6.45, 7) is 4.98. The molecule has 0 heterocycles. The van der Waals surface area contributed by atoms with Crippen molar-refractivity contribution in [2.45, 2.75) is 32.9 Å². The maximum absolute atomic E-state index is 13.4. The molecule has 1 unspecified atom stereocenters. The molecule has 6 nitrogen and oxygen atoms in total. The molecule has 0 aromatic heterocycles. The molecule has 0 spiro atoms. The average molecular weight is 524 g/mol. The fraction of sp³-hybridized carbons (Fsp3) is 0.278. The maximum atomic E-state index is 13.4. The molecule has 0 aliphatic carbocycles. The van der Waals surface area contributed by atoms with Gasteiger partial charge < -0.3 is 13.8 Å². The Morgan fingerprint density at radius 2 is 1.74 bits per heavy atom. The van der Waals surface area contributed by atoms with Gasteiger partial charge >= 0.3 is 13.7 Å². The summed E-state index contributed by atoms with van der Waals surface area (Å²) in [6.07, 6.45) is -0.304. The number of rotatable bonds is 8. The molecular formula is C18H20ClINO5P. The summed E-state index contributed by atoms with van der Waals surface area (Å²) >= 11 is 8.20. The quantitative estimate of drug-likeness (QED) is 0.282. The number of ether oxygens (including phenoxy) is 1. The second kappa shape index (κ2) is 9.78. The van der Waals surface area contributed by atoms with Gasteiger partial charge in [-0.05, 0) is 67.6 Å². The van der Waals surface area contributed by atoms with Gasteiger partial charge in [0.1, 0.15) is 11.8 Å². The smallest absolute Gasteiger partial charge is 0.462 e. The summed E-state index contributed by atoms with van der Waals surface area (Å²) in [6, 6.07) is 12.7. The van der Waals surface area contributed by atoms with Crippen molar-refractivity contribution in [3.63, 3.8) is 0 Å². The van der Waals surface area contributed by atoms with E-state index in [1.54, 1.807) is 62.4 Å². The number of halogens is 2. The first-order valence-corrected chi connectivity index (χ1v) is 11.2. The van der Waals surface area contributed by atoms with Crippen LogP contribution in [0.2, 0.25) is 5.02 Å². The van der Waals surface area contributed by atoms with E-state index in [2.05, 4.69) is 5.09 Å². The number of esters is 1. The number of hydrogen-bond acceptors (Lipinski definition) is 5. The zero-order chi connectivity index (χ0) is 20.0. The number of carbonyl (C=O) groups is 1. The second-order valence-electron chi connectivity index (χ2n) is 5.88. The maximum Gasteiger partial charge on any atom is 0.513 e. The minimum absolute atomic E-state index is 0.205. The molecule has 2 rings (SSSR count). The van der Waals surface area contributed by atoms with Crippen LogP contribution >= 0.6 is 41.9 Å². The number of benzene rings is 2. The Bertz CT molecular complexity index is 814. The minimum atomic E-state index is -4.01. The van der Waals surface area contributed by atoms with Gasteiger partial charge in [-0.15, -0.1) is 0 Å². The van der Waals surface area contributed by atoms with E-state index in [1.807, 2.05) is 22.6 Å². The van der Waals surface area contributed by atoms with Crippen molar-refractivity contribution in [1.82, 2.24) is 5.09 Å². The van der Waals surface area contributed by atoms with Crippen molar-refractivity contribution in [2.75, 3.05) is 0 Å². The predicted molar refractivity (Wildman–Crippen MR) is 113 cm³/mol. The molecule has 9 heteroatoms. The number of hydrogen-bond donors (Lipinski definition) is 1. The van der Waals surface area contributed by atoms with Gasteiger partial charge in [-0.2, -0.15) is 5.09 Å². The molecule has 0 aliphatic rings. The van der Waals surface area contributed by atoms with Gasteiger partial charge in [-0.1, -0.05) is 35.9 Å². The van der Waals surface area contributed by atoms with Gasteiger partial charge in [0.25, 0.3) is 0 Å². The van der Waals surface area contributed by atoms with Crippen LogP contribution in [0.25, 0.3) is 0 Å². The monoisotopic (exact) mass is 523 g/mol. The van der Waals surface area contributed by atoms with Crippen LogP contribution in [-0.4, -0.2) is 18.1 Å². The summed E-state index contributed by atoms with van der Waals surface area (Å²) in [7, 11) is -4.01. The van der Waals surface area contributed by atoms with Crippen LogP contribution in [0.5, 0.6) is 11.5 Å². The summed E-state index contributed by atoms with van der Waals surface area (Å²) < 4.78 is 30.5. The molecule has 0 radical (unpaired) electrons. The molecular weight excluding hydrogens is 504 g/mol. The van der Waals surface area contributed by atoms with Crippen LogP contribution in [0, 0.1) is 3.57 Å². The molecule has 2 atom stereocenters. The fourth-order valence-electron chi connectivity index (χ4n) is 2.01. The van der Waals surface area contributed by atoms with Gasteiger partial charge in [0.05, 0.1) is 14.7 Å². The lowest BCUT2D eigenvalue weighted by Crippen LogP contribution is -2.36. The van der Waals surface area contributed by atoms with E-state index in [0.717, 1.165) is 0 Å². The molecule has 1 N–H and O–H groups in total. The molecule has 0 fully saturated rings. The number of carbonyl (C=O) groups excluding carboxylic acids is 1. The average Bonchev–Trinajstić information content (AvgIpc) is 2.58. The van der Waals surface area contributed by atoms with E-state index in [0.29, 0.717) is 9.32 Å². The van der Waals surface area contributed by atoms with Crippen molar-refractivity contribution in [3.05, 3.63) is 57.1 Å². The van der Waals surface area contributed by atoms with Crippen LogP contribution in [0.1, 0.15) is 20.8 Å². The molecule has 0 aliphatic heterocycles. The van der Waals surface area contributed by atoms with Crippen molar-refractivity contribution in [3.8, 4) is 11.5 Å². The highest BCUT2D eigenvalue weighted by Crippen LogP contribution is 2.48. The molecule has 0 amide bonds. The highest BCUT2D eigenvalue weighted by molar-refractivity contribution is 14.1. The first-order chi connectivity index (χ1) is 12.7. The van der Waals surface area contributed by atoms with Gasteiger partial charge in [-0.3, -0.25) is 4.79 Å². The fourth-order valence-corrected chi connectivity index (χ4v) is 4.77. The third-order valence-corrected chi connectivity index (χ3v) is 5.88. The second-order valence-corrected chi connectivity index (χ2v) is 9.07. The van der Waals surface area contributed by atoms with Gasteiger partial charge in [-0.25, -0.2) is 4.57 Å². The zero-order valence-corrected chi connectivity index (χ0v) is 18.8. The summed E-state index contributed by atoms with van der Waals surface area (Å²) in [4.78, 5) is 12.1. The first-order valence-electron chi connectivity index (χ1n) is 8.17. The normalized spacial score (nSPS) is 14.3. The van der Waals surface area contributed by atoms with Gasteiger partial charge in [0.2, 0.25) is 0 Å². The Morgan fingerprint density at radius 1 is 1.07 bits per heavy atom. The Morgan fingerprint density at radius 3 is 2.33 bits per heavy atom. The van der Waals surface area contributed by atoms with E-state index in [4.69, 9.17) is 25.4 Å². The molecule has 0 saturated carbocycles. The van der Waals surface area contributed by atoms with E-state index in [-0.39, 0.29) is 16.9 Å². The lowest BCUT2D eigenvalue weighted by Gasteiger charge is -2.24. The van der Waals surface area contributed by atoms with Crippen molar-refractivity contribution in [2.24, 2.45) is 0 Å². The van der Waals surface area contributed by atoms with Gasteiger partial charge in [0, 0.05) is 0 Å². The van der Waals surface area contributed by atoms with Crippen molar-refractivity contribution in [1.29, 1.82) is 0 Å². The summed E-state index contributed by atoms with van der Waals surface area (Å²) in [5.41, 5.74) is 0. The minimum Gasteiger partial charge on any atom is -0.462 e. The lowest BCUT2D eigenvalue weighted by molar-refractivity contribution is -0.149. The molecule has 146 valence electrons. The van der Waals surface area contributed by atoms with Crippen LogP contribution < -0.4 is 14.1 Å². The van der Waals surface area contributed by atoms with Crippen molar-refractivity contribution >= 4 is 47.9 Å². The van der Waals surface area contributed by atoms with E-state index < -0.39 is 19.8 Å². The van der Waals surface area contributed by atoms with Gasteiger partial charge in [0.15, 0.2) is 5.75 Å². The van der Waals surface area contributed by atoms with Crippen LogP contribution in [0.15, 0.2) is 48.5 Å². The Kier molecular flexibility index (Phi) is 7.97. The standard InChI is InChI=1S/C18H20ClINO5P/c1-12(2)24-18(22)13(3)21-27(23,25-14-8-5-4-6-9-14)26-17-15(19)10-7-11-16(17)20/h4-13H,1-3H3,(H,21,23)/t13-,27?/m0/s1. The molecule has 2 aromatic carbocycles. The van der Waals surface area contributed by atoms with Crippen molar-refractivity contribution < 1.29 is 23.1 Å². The zero-order valence-electron chi connectivity index (χ0n) is 15.0. The third kappa shape index (κ3) is 6.68. The Hall–Kier alpha value is -1.28. The molecule has 2 aromatic rings. The van der Waals surface area contributed by atoms with E-state index in [9.17, 15) is 9.36 Å². The Labute approximate surface area is 177 Å². The van der Waals surface area contributed by atoms with Crippen LogP contribution in [0.4, 0.5) is 0 Å². The van der Waals surface area contributed by atoms with E-state index in [1.165, 1.54) is 6.92 Å². The topological polar surface area (TPSA) is 73.9 Å². The molecule has 27 heavy (non-hydrogen) atoms. The third-order valence-electron chi connectivity index (χ3n) is 3.16. The summed E-state index contributed by atoms with van der Waals surface area (Å²) in [5.74, 6) is -0.0462. The first kappa shape index (κ1) is 22.0. The molecule has 0 saturated heterocycles. The Balaban J connectivity index is 2.30. The highest BCUT2D eigenvalue weighted by Gasteiger charge is 2.35. The molecule has 0 bridgehead atoms. The lowest BCUT2D eigenvalue weighted by atomic mass is 10.3. The highest BCUT2D eigenvalue weighted by atomic mass is 127. The predicted octanol–water partition coefficient (Wildman–Crippen LogP) is 5.44. The summed E-state index contributed by atoms with van der Waals surface area (Å²) in [5, 5.41) is 2.90. The van der Waals surface area contributed by atoms with Crippen LogP contribution in [0.3, 0.4) is 0 Å². The SMILES string of the molecule is CC(C)OC(=O)[C@H](C)NP(=O)(Oc1ccccc1)Oc1c(Cl)cccc1I. The van der Waals surface area contributed by atoms with E-state index >= 15 is 0 Å².